The van der Waals surface area contributed by atoms with Gasteiger partial charge in [0, 0.05) is 25.4 Å². The average Bonchev–Trinajstić information content (AvgIpc) is 2.66. The van der Waals surface area contributed by atoms with Crippen LogP contribution in [0, 0.1) is 6.92 Å². The van der Waals surface area contributed by atoms with Gasteiger partial charge in [0.1, 0.15) is 5.82 Å². The van der Waals surface area contributed by atoms with Crippen LogP contribution in [0.1, 0.15) is 37.1 Å². The van der Waals surface area contributed by atoms with Crippen LogP contribution < -0.4 is 11.1 Å². The molecule has 4 rings (SSSR count). The molecule has 2 aliphatic rings. The average molecular weight is 384 g/mol. The molecule has 1 spiro atoms. The van der Waals surface area contributed by atoms with Crippen LogP contribution in [0.3, 0.4) is 0 Å². The van der Waals surface area contributed by atoms with E-state index in [4.69, 9.17) is 10.5 Å². The molecule has 8 heteroatoms. The summed E-state index contributed by atoms with van der Waals surface area (Å²) < 4.78 is 5.98. The normalized spacial score (nSPS) is 22.3. The first-order valence-corrected chi connectivity index (χ1v) is 9.91. The predicted molar refractivity (Wildman–Crippen MR) is 107 cm³/mol. The Morgan fingerprint density at radius 2 is 2.11 bits per heavy atom. The number of rotatable bonds is 4. The van der Waals surface area contributed by atoms with E-state index in [0.29, 0.717) is 18.3 Å². The van der Waals surface area contributed by atoms with E-state index in [1.54, 1.807) is 0 Å². The molecule has 0 aliphatic carbocycles. The highest BCUT2D eigenvalue weighted by molar-refractivity contribution is 5.54. The van der Waals surface area contributed by atoms with Crippen molar-refractivity contribution in [2.24, 2.45) is 0 Å². The van der Waals surface area contributed by atoms with Crippen molar-refractivity contribution < 1.29 is 9.84 Å². The largest absolute Gasteiger partial charge is 0.390 e. The standard InChI is InChI=1S/C20H28N6O2/c1-14-4-2-5-15(12-14)22-19-24-17(23-18(21)25-19)13-26-9-7-20(8-10-26)16(27)6-3-11-28-20/h2,4-5,12,16,27H,3,6-11,13H2,1H3,(H3,21,22,23,24,25)/t16-/m1/s1. The third kappa shape index (κ3) is 4.24. The SMILES string of the molecule is Cc1cccc(Nc2nc(N)nc(CN3CCC4(CC3)OCCC[C@H]4O)n2)c1. The number of aliphatic hydroxyl groups is 1. The van der Waals surface area contributed by atoms with Crippen molar-refractivity contribution in [3.8, 4) is 0 Å². The maximum absolute atomic E-state index is 10.4. The number of hydrogen-bond donors (Lipinski definition) is 3. The monoisotopic (exact) mass is 384 g/mol. The van der Waals surface area contributed by atoms with E-state index in [1.807, 2.05) is 31.2 Å². The fourth-order valence-corrected chi connectivity index (χ4v) is 4.10. The molecular formula is C20H28N6O2. The van der Waals surface area contributed by atoms with Crippen LogP contribution in [-0.2, 0) is 11.3 Å². The van der Waals surface area contributed by atoms with Crippen molar-refractivity contribution in [1.29, 1.82) is 0 Å². The third-order valence-electron chi connectivity index (χ3n) is 5.66. The van der Waals surface area contributed by atoms with Crippen molar-refractivity contribution >= 4 is 17.6 Å². The number of likely N-dealkylation sites (tertiary alicyclic amines) is 1. The van der Waals surface area contributed by atoms with Crippen LogP contribution in [-0.4, -0.2) is 56.4 Å². The molecule has 150 valence electrons. The fourth-order valence-electron chi connectivity index (χ4n) is 4.10. The molecule has 28 heavy (non-hydrogen) atoms. The van der Waals surface area contributed by atoms with Gasteiger partial charge >= 0.3 is 0 Å². The zero-order valence-corrected chi connectivity index (χ0v) is 16.3. The molecule has 4 N–H and O–H groups in total. The number of ether oxygens (including phenoxy) is 1. The molecule has 1 atom stereocenters. The summed E-state index contributed by atoms with van der Waals surface area (Å²) in [5.41, 5.74) is 7.60. The highest BCUT2D eigenvalue weighted by Crippen LogP contribution is 2.35. The second kappa shape index (κ2) is 7.98. The number of aliphatic hydroxyl groups excluding tert-OH is 1. The van der Waals surface area contributed by atoms with Crippen molar-refractivity contribution in [2.45, 2.75) is 50.9 Å². The Hall–Kier alpha value is -2.29. The summed E-state index contributed by atoms with van der Waals surface area (Å²) in [5.74, 6) is 1.30. The molecule has 1 aromatic carbocycles. The first-order chi connectivity index (χ1) is 13.5. The minimum atomic E-state index is -0.370. The molecule has 1 aromatic heterocycles. The first kappa shape index (κ1) is 19.0. The van der Waals surface area contributed by atoms with Gasteiger partial charge in [-0.05, 0) is 50.3 Å². The van der Waals surface area contributed by atoms with E-state index in [1.165, 1.54) is 0 Å². The zero-order valence-electron chi connectivity index (χ0n) is 16.3. The Labute approximate surface area is 165 Å². The maximum Gasteiger partial charge on any atom is 0.232 e. The predicted octanol–water partition coefficient (Wildman–Crippen LogP) is 2.01. The summed E-state index contributed by atoms with van der Waals surface area (Å²) in [4.78, 5) is 15.3. The molecule has 2 aromatic rings. The van der Waals surface area contributed by atoms with Crippen LogP contribution in [0.5, 0.6) is 0 Å². The van der Waals surface area contributed by atoms with E-state index in [-0.39, 0.29) is 17.7 Å². The minimum absolute atomic E-state index is 0.208. The first-order valence-electron chi connectivity index (χ1n) is 9.91. The van der Waals surface area contributed by atoms with E-state index in [0.717, 1.165) is 56.6 Å². The Bertz CT molecular complexity index is 822. The smallest absolute Gasteiger partial charge is 0.232 e. The number of benzene rings is 1. The molecule has 2 aliphatic heterocycles. The second-order valence-electron chi connectivity index (χ2n) is 7.78. The van der Waals surface area contributed by atoms with Crippen molar-refractivity contribution in [1.82, 2.24) is 19.9 Å². The van der Waals surface area contributed by atoms with Gasteiger partial charge in [0.15, 0.2) is 0 Å². The van der Waals surface area contributed by atoms with Crippen LogP contribution in [0.25, 0.3) is 0 Å². The topological polar surface area (TPSA) is 109 Å². The summed E-state index contributed by atoms with van der Waals surface area (Å²) in [6.07, 6.45) is 3.05. The number of nitrogens with two attached hydrogens (primary N) is 1. The summed E-state index contributed by atoms with van der Waals surface area (Å²) >= 11 is 0. The molecule has 0 bridgehead atoms. The number of nitrogens with one attached hydrogen (secondary N) is 1. The van der Waals surface area contributed by atoms with Crippen molar-refractivity contribution in [3.63, 3.8) is 0 Å². The van der Waals surface area contributed by atoms with Gasteiger partial charge in [-0.3, -0.25) is 4.90 Å². The molecule has 0 unspecified atom stereocenters. The molecule has 8 nitrogen and oxygen atoms in total. The zero-order chi connectivity index (χ0) is 19.6. The van der Waals surface area contributed by atoms with E-state index >= 15 is 0 Å². The number of anilines is 3. The van der Waals surface area contributed by atoms with Crippen LogP contribution >= 0.6 is 0 Å². The van der Waals surface area contributed by atoms with Gasteiger partial charge in [-0.15, -0.1) is 0 Å². The number of aromatic nitrogens is 3. The quantitative estimate of drug-likeness (QED) is 0.734. The molecule has 3 heterocycles. The second-order valence-corrected chi connectivity index (χ2v) is 7.78. The lowest BCUT2D eigenvalue weighted by molar-refractivity contribution is -0.177. The van der Waals surface area contributed by atoms with E-state index < -0.39 is 0 Å². The Morgan fingerprint density at radius 3 is 2.86 bits per heavy atom. The van der Waals surface area contributed by atoms with Gasteiger partial charge < -0.3 is 20.9 Å². The molecular weight excluding hydrogens is 356 g/mol. The fraction of sp³-hybridized carbons (Fsp3) is 0.550. The number of piperidine rings is 1. The number of nitrogen functional groups attached to an aromatic ring is 1. The Balaban J connectivity index is 1.40. The number of nitrogens with zero attached hydrogens (tertiary/aromatic N) is 4. The highest BCUT2D eigenvalue weighted by atomic mass is 16.5. The summed E-state index contributed by atoms with van der Waals surface area (Å²) in [7, 11) is 0. The Kier molecular flexibility index (Phi) is 5.43. The maximum atomic E-state index is 10.4. The number of hydrogen-bond acceptors (Lipinski definition) is 8. The van der Waals surface area contributed by atoms with Crippen LogP contribution in [0.4, 0.5) is 17.6 Å². The number of aryl methyl sites for hydroxylation is 1. The van der Waals surface area contributed by atoms with Crippen molar-refractivity contribution in [2.75, 3.05) is 30.7 Å². The van der Waals surface area contributed by atoms with E-state index in [2.05, 4.69) is 25.2 Å². The molecule has 0 amide bonds. The lowest BCUT2D eigenvalue weighted by Crippen LogP contribution is -2.55. The highest BCUT2D eigenvalue weighted by Gasteiger charge is 2.43. The van der Waals surface area contributed by atoms with Crippen LogP contribution in [0.2, 0.25) is 0 Å². The Morgan fingerprint density at radius 1 is 1.29 bits per heavy atom. The summed E-state index contributed by atoms with van der Waals surface area (Å²) in [6.45, 7) is 5.05. The minimum Gasteiger partial charge on any atom is -0.390 e. The lowest BCUT2D eigenvalue weighted by Gasteiger charge is -2.46. The lowest BCUT2D eigenvalue weighted by atomic mass is 9.82. The van der Waals surface area contributed by atoms with Gasteiger partial charge in [-0.2, -0.15) is 15.0 Å². The van der Waals surface area contributed by atoms with Gasteiger partial charge in [-0.1, -0.05) is 12.1 Å². The molecule has 0 saturated carbocycles. The molecule has 2 fully saturated rings. The van der Waals surface area contributed by atoms with Gasteiger partial charge in [0.25, 0.3) is 0 Å². The van der Waals surface area contributed by atoms with Gasteiger partial charge in [0.2, 0.25) is 11.9 Å². The van der Waals surface area contributed by atoms with Crippen LogP contribution in [0.15, 0.2) is 24.3 Å². The molecule has 2 saturated heterocycles. The summed E-state index contributed by atoms with van der Waals surface area (Å²) in [5, 5.41) is 13.6. The van der Waals surface area contributed by atoms with Gasteiger partial charge in [0.05, 0.1) is 18.2 Å². The molecule has 0 radical (unpaired) electrons. The third-order valence-corrected chi connectivity index (χ3v) is 5.66. The summed E-state index contributed by atoms with van der Waals surface area (Å²) in [6, 6.07) is 8.01. The van der Waals surface area contributed by atoms with Crippen molar-refractivity contribution in [3.05, 3.63) is 35.7 Å². The van der Waals surface area contributed by atoms with Gasteiger partial charge in [-0.25, -0.2) is 0 Å². The van der Waals surface area contributed by atoms with E-state index in [9.17, 15) is 5.11 Å².